The summed E-state index contributed by atoms with van der Waals surface area (Å²) in [4.78, 5) is 11.4. The molecule has 1 aromatic rings. The second-order valence-corrected chi connectivity index (χ2v) is 5.84. The molecule has 5 nitrogen and oxygen atoms in total. The van der Waals surface area contributed by atoms with Crippen LogP contribution in [0.25, 0.3) is 0 Å². The smallest absolute Gasteiger partial charge is 0.263 e. The van der Waals surface area contributed by atoms with Crippen molar-refractivity contribution < 1.29 is 14.3 Å². The van der Waals surface area contributed by atoms with Crippen molar-refractivity contribution >= 4 is 5.91 Å². The van der Waals surface area contributed by atoms with Gasteiger partial charge >= 0.3 is 0 Å². The van der Waals surface area contributed by atoms with E-state index in [9.17, 15) is 4.79 Å². The summed E-state index contributed by atoms with van der Waals surface area (Å²) in [7, 11) is 0. The Morgan fingerprint density at radius 1 is 1.48 bits per heavy atom. The molecule has 0 radical (unpaired) electrons. The van der Waals surface area contributed by atoms with E-state index in [1.54, 1.807) is 0 Å². The summed E-state index contributed by atoms with van der Waals surface area (Å²) in [6, 6.07) is 6.25. The number of ether oxygens (including phenoxy) is 2. The third-order valence-electron chi connectivity index (χ3n) is 3.76. The van der Waals surface area contributed by atoms with Gasteiger partial charge in [-0.25, -0.2) is 5.84 Å². The maximum absolute atomic E-state index is 11.4. The van der Waals surface area contributed by atoms with Gasteiger partial charge in [-0.1, -0.05) is 26.0 Å². The summed E-state index contributed by atoms with van der Waals surface area (Å²) in [6.45, 7) is 6.79. The monoisotopic (exact) mass is 292 g/mol. The fourth-order valence-corrected chi connectivity index (χ4v) is 2.54. The van der Waals surface area contributed by atoms with Crippen LogP contribution < -0.4 is 16.0 Å². The first-order chi connectivity index (χ1) is 10.0. The second-order valence-electron chi connectivity index (χ2n) is 5.84. The zero-order valence-electron chi connectivity index (χ0n) is 12.9. The number of hydrogen-bond acceptors (Lipinski definition) is 4. The molecular formula is C16H24N2O3. The van der Waals surface area contributed by atoms with Crippen LogP contribution in [0.5, 0.6) is 5.75 Å². The highest BCUT2D eigenvalue weighted by molar-refractivity contribution is 5.80. The van der Waals surface area contributed by atoms with Crippen LogP contribution in [0.3, 0.4) is 0 Å². The standard InChI is InChI=1S/C16H24N2O3/c1-10(2)13-6-4-11(3)8-15(13)20-9-12-5-7-14(21-12)16(19)18-17/h4,6,8,10,12,14H,5,7,9,17H2,1-3H3,(H,18,19). The van der Waals surface area contributed by atoms with E-state index in [1.165, 1.54) is 11.1 Å². The number of nitrogens with one attached hydrogen (secondary N) is 1. The summed E-state index contributed by atoms with van der Waals surface area (Å²) in [5, 5.41) is 0. The highest BCUT2D eigenvalue weighted by atomic mass is 16.5. The molecule has 5 heteroatoms. The van der Waals surface area contributed by atoms with Crippen molar-refractivity contribution in [3.05, 3.63) is 29.3 Å². The van der Waals surface area contributed by atoms with Crippen molar-refractivity contribution in [3.8, 4) is 5.75 Å². The quantitative estimate of drug-likeness (QED) is 0.495. The maximum atomic E-state index is 11.4. The lowest BCUT2D eigenvalue weighted by atomic mass is 10.0. The van der Waals surface area contributed by atoms with Crippen LogP contribution in [0.4, 0.5) is 0 Å². The van der Waals surface area contributed by atoms with Crippen molar-refractivity contribution in [3.63, 3.8) is 0 Å². The van der Waals surface area contributed by atoms with E-state index in [1.807, 2.05) is 13.0 Å². The Morgan fingerprint density at radius 2 is 2.24 bits per heavy atom. The summed E-state index contributed by atoms with van der Waals surface area (Å²) >= 11 is 0. The molecule has 1 fully saturated rings. The molecule has 0 bridgehead atoms. The van der Waals surface area contributed by atoms with Gasteiger partial charge < -0.3 is 9.47 Å². The molecule has 0 aliphatic carbocycles. The number of hydrazine groups is 1. The zero-order valence-corrected chi connectivity index (χ0v) is 12.9. The SMILES string of the molecule is Cc1ccc(C(C)C)c(OCC2CCC(C(=O)NN)O2)c1. The van der Waals surface area contributed by atoms with E-state index in [4.69, 9.17) is 15.3 Å². The molecule has 2 unspecified atom stereocenters. The van der Waals surface area contributed by atoms with Crippen LogP contribution in [0, 0.1) is 6.92 Å². The Hall–Kier alpha value is -1.59. The minimum Gasteiger partial charge on any atom is -0.491 e. The van der Waals surface area contributed by atoms with Crippen molar-refractivity contribution in [1.82, 2.24) is 5.43 Å². The van der Waals surface area contributed by atoms with E-state index in [0.29, 0.717) is 18.9 Å². The van der Waals surface area contributed by atoms with Crippen molar-refractivity contribution in [2.24, 2.45) is 5.84 Å². The molecule has 2 rings (SSSR count). The molecule has 3 N–H and O–H groups in total. The number of carbonyl (C=O) groups excluding carboxylic acids is 1. The molecule has 1 aromatic carbocycles. The van der Waals surface area contributed by atoms with Gasteiger partial charge in [-0.3, -0.25) is 10.2 Å². The number of nitrogens with two attached hydrogens (primary N) is 1. The average Bonchev–Trinajstić information content (AvgIpc) is 2.93. The van der Waals surface area contributed by atoms with Crippen LogP contribution in [0.1, 0.15) is 43.7 Å². The van der Waals surface area contributed by atoms with Crippen LogP contribution in [0.2, 0.25) is 0 Å². The fraction of sp³-hybridized carbons (Fsp3) is 0.562. The molecule has 0 spiro atoms. The molecule has 0 saturated carbocycles. The van der Waals surface area contributed by atoms with Gasteiger partial charge in [0, 0.05) is 0 Å². The third-order valence-corrected chi connectivity index (χ3v) is 3.76. The number of amides is 1. The first-order valence-electron chi connectivity index (χ1n) is 7.40. The Morgan fingerprint density at radius 3 is 2.90 bits per heavy atom. The van der Waals surface area contributed by atoms with Gasteiger partial charge in [0.1, 0.15) is 18.5 Å². The summed E-state index contributed by atoms with van der Waals surface area (Å²) in [5.41, 5.74) is 4.49. The van der Waals surface area contributed by atoms with Gasteiger partial charge in [-0.05, 0) is 42.9 Å². The van der Waals surface area contributed by atoms with Gasteiger partial charge in [0.25, 0.3) is 5.91 Å². The Kier molecular flexibility index (Phi) is 5.20. The van der Waals surface area contributed by atoms with Gasteiger partial charge in [0.2, 0.25) is 0 Å². The molecule has 1 saturated heterocycles. The predicted molar refractivity (Wildman–Crippen MR) is 81.0 cm³/mol. The largest absolute Gasteiger partial charge is 0.491 e. The van der Waals surface area contributed by atoms with Crippen LogP contribution in [0.15, 0.2) is 18.2 Å². The van der Waals surface area contributed by atoms with E-state index < -0.39 is 6.10 Å². The van der Waals surface area contributed by atoms with Crippen molar-refractivity contribution in [1.29, 1.82) is 0 Å². The predicted octanol–water partition coefficient (Wildman–Crippen LogP) is 2.03. The summed E-state index contributed by atoms with van der Waals surface area (Å²) < 4.78 is 11.6. The summed E-state index contributed by atoms with van der Waals surface area (Å²) in [6.07, 6.45) is 0.974. The van der Waals surface area contributed by atoms with Gasteiger partial charge in [-0.2, -0.15) is 0 Å². The Balaban J connectivity index is 1.95. The average molecular weight is 292 g/mol. The van der Waals surface area contributed by atoms with E-state index in [0.717, 1.165) is 12.2 Å². The molecule has 21 heavy (non-hydrogen) atoms. The molecule has 1 aliphatic rings. The topological polar surface area (TPSA) is 73.6 Å². The van der Waals surface area contributed by atoms with E-state index in [-0.39, 0.29) is 12.0 Å². The lowest BCUT2D eigenvalue weighted by Gasteiger charge is -2.18. The number of hydrogen-bond donors (Lipinski definition) is 2. The van der Waals surface area contributed by atoms with E-state index in [2.05, 4.69) is 31.4 Å². The molecule has 1 heterocycles. The minimum atomic E-state index is -0.453. The number of rotatable bonds is 5. The highest BCUT2D eigenvalue weighted by Gasteiger charge is 2.30. The Bertz CT molecular complexity index is 502. The van der Waals surface area contributed by atoms with Gasteiger partial charge in [-0.15, -0.1) is 0 Å². The second kappa shape index (κ2) is 6.91. The van der Waals surface area contributed by atoms with Gasteiger partial charge in [0.15, 0.2) is 0 Å². The lowest BCUT2D eigenvalue weighted by molar-refractivity contribution is -0.132. The van der Waals surface area contributed by atoms with Crippen molar-refractivity contribution in [2.75, 3.05) is 6.61 Å². The van der Waals surface area contributed by atoms with Crippen LogP contribution in [-0.2, 0) is 9.53 Å². The van der Waals surface area contributed by atoms with Crippen LogP contribution in [-0.4, -0.2) is 24.7 Å². The first kappa shape index (κ1) is 15.8. The first-order valence-corrected chi connectivity index (χ1v) is 7.40. The normalized spacial score (nSPS) is 21.6. The number of carbonyl (C=O) groups is 1. The molecule has 116 valence electrons. The molecule has 1 aliphatic heterocycles. The Labute approximate surface area is 125 Å². The number of benzene rings is 1. The number of aryl methyl sites for hydroxylation is 1. The fourth-order valence-electron chi connectivity index (χ4n) is 2.54. The summed E-state index contributed by atoms with van der Waals surface area (Å²) in [5.74, 6) is 6.16. The third kappa shape index (κ3) is 3.95. The molecule has 2 atom stereocenters. The maximum Gasteiger partial charge on any atom is 0.263 e. The van der Waals surface area contributed by atoms with E-state index >= 15 is 0 Å². The van der Waals surface area contributed by atoms with Crippen LogP contribution >= 0.6 is 0 Å². The van der Waals surface area contributed by atoms with Crippen molar-refractivity contribution in [2.45, 2.75) is 51.7 Å². The zero-order chi connectivity index (χ0) is 15.4. The minimum absolute atomic E-state index is 0.0622. The molecule has 1 amide bonds. The lowest BCUT2D eigenvalue weighted by Crippen LogP contribution is -2.39. The molecular weight excluding hydrogens is 268 g/mol. The molecule has 0 aromatic heterocycles. The highest BCUT2D eigenvalue weighted by Crippen LogP contribution is 2.28. The van der Waals surface area contributed by atoms with Gasteiger partial charge in [0.05, 0.1) is 6.10 Å².